The predicted molar refractivity (Wildman–Crippen MR) is 92.9 cm³/mol. The van der Waals surface area contributed by atoms with Crippen LogP contribution in [0.1, 0.15) is 25.8 Å². The van der Waals surface area contributed by atoms with Gasteiger partial charge in [0.2, 0.25) is 0 Å². The summed E-state index contributed by atoms with van der Waals surface area (Å²) in [6, 6.07) is 7.97. The molecule has 1 aromatic carbocycles. The Balaban J connectivity index is 1.67. The molecule has 22 heavy (non-hydrogen) atoms. The highest BCUT2D eigenvalue weighted by Crippen LogP contribution is 2.25. The van der Waals surface area contributed by atoms with Gasteiger partial charge in [-0.3, -0.25) is 4.90 Å². The van der Waals surface area contributed by atoms with E-state index in [1.165, 1.54) is 16.9 Å². The van der Waals surface area contributed by atoms with Crippen molar-refractivity contribution in [3.05, 3.63) is 23.8 Å². The van der Waals surface area contributed by atoms with Crippen LogP contribution in [0.5, 0.6) is 0 Å². The largest absolute Gasteiger partial charge is 0.380 e. The van der Waals surface area contributed by atoms with Gasteiger partial charge in [-0.15, -0.1) is 0 Å². The Bertz CT molecular complexity index is 489. The molecule has 1 atom stereocenters. The average molecular weight is 303 g/mol. The molecule has 0 radical (unpaired) electrons. The van der Waals surface area contributed by atoms with Crippen molar-refractivity contribution in [2.24, 2.45) is 0 Å². The lowest BCUT2D eigenvalue weighted by atomic mass is 10.1. The summed E-state index contributed by atoms with van der Waals surface area (Å²) in [5.41, 5.74) is 3.91. The molecule has 3 rings (SSSR count). The van der Waals surface area contributed by atoms with Crippen LogP contribution in [0.4, 0.5) is 11.4 Å². The maximum atomic E-state index is 5.46. The van der Waals surface area contributed by atoms with E-state index in [9.17, 15) is 0 Å². The molecular weight excluding hydrogens is 274 g/mol. The molecule has 1 N–H and O–H groups in total. The number of piperazine rings is 1. The maximum Gasteiger partial charge on any atom is 0.0668 e. The van der Waals surface area contributed by atoms with Gasteiger partial charge in [-0.2, -0.15) is 0 Å². The molecule has 0 amide bonds. The molecule has 2 aliphatic heterocycles. The molecule has 0 spiro atoms. The van der Waals surface area contributed by atoms with Crippen LogP contribution in [0.25, 0.3) is 0 Å². The van der Waals surface area contributed by atoms with E-state index in [0.717, 1.165) is 45.8 Å². The Morgan fingerprint density at radius 1 is 1.14 bits per heavy atom. The van der Waals surface area contributed by atoms with Gasteiger partial charge in [0, 0.05) is 50.2 Å². The summed E-state index contributed by atoms with van der Waals surface area (Å²) >= 11 is 0. The topological polar surface area (TPSA) is 27.7 Å². The maximum absolute atomic E-state index is 5.46. The Morgan fingerprint density at radius 2 is 1.91 bits per heavy atom. The van der Waals surface area contributed by atoms with Crippen LogP contribution >= 0.6 is 0 Å². The SMILES string of the molecule is Cc1cc(N[C@H]2CCOC2)cc(N2CCN(C(C)C)CC2)c1. The van der Waals surface area contributed by atoms with Gasteiger partial charge in [-0.1, -0.05) is 0 Å². The average Bonchev–Trinajstić information content (AvgIpc) is 2.99. The van der Waals surface area contributed by atoms with E-state index < -0.39 is 0 Å². The number of rotatable bonds is 4. The van der Waals surface area contributed by atoms with Crippen molar-refractivity contribution in [1.29, 1.82) is 0 Å². The third kappa shape index (κ3) is 3.73. The number of hydrogen-bond acceptors (Lipinski definition) is 4. The standard InChI is InChI=1S/C18H29N3O/c1-14(2)20-5-7-21(8-6-20)18-11-15(3)10-17(12-18)19-16-4-9-22-13-16/h10-12,14,16,19H,4-9,13H2,1-3H3/t16-/m0/s1. The summed E-state index contributed by atoms with van der Waals surface area (Å²) in [6.07, 6.45) is 1.11. The number of aryl methyl sites for hydroxylation is 1. The van der Waals surface area contributed by atoms with Crippen molar-refractivity contribution < 1.29 is 4.74 Å². The van der Waals surface area contributed by atoms with Crippen molar-refractivity contribution in [1.82, 2.24) is 4.90 Å². The second-order valence-corrected chi connectivity index (χ2v) is 6.88. The smallest absolute Gasteiger partial charge is 0.0668 e. The molecule has 0 aromatic heterocycles. The fourth-order valence-corrected chi connectivity index (χ4v) is 3.41. The summed E-state index contributed by atoms with van der Waals surface area (Å²) in [6.45, 7) is 13.0. The predicted octanol–water partition coefficient (Wildman–Crippen LogP) is 2.73. The number of nitrogens with zero attached hydrogens (tertiary/aromatic N) is 2. The number of nitrogens with one attached hydrogen (secondary N) is 1. The molecule has 0 aliphatic carbocycles. The van der Waals surface area contributed by atoms with Crippen molar-refractivity contribution in [2.45, 2.75) is 39.3 Å². The first-order valence-electron chi connectivity index (χ1n) is 8.57. The molecule has 2 heterocycles. The Kier molecular flexibility index (Phi) is 4.89. The lowest BCUT2D eigenvalue weighted by molar-refractivity contribution is 0.195. The van der Waals surface area contributed by atoms with Crippen LogP contribution in [-0.4, -0.2) is 56.4 Å². The zero-order valence-electron chi connectivity index (χ0n) is 14.1. The van der Waals surface area contributed by atoms with Gasteiger partial charge in [0.15, 0.2) is 0 Å². The Hall–Kier alpha value is -1.26. The van der Waals surface area contributed by atoms with Crippen LogP contribution < -0.4 is 10.2 Å². The number of ether oxygens (including phenoxy) is 1. The molecule has 2 saturated heterocycles. The van der Waals surface area contributed by atoms with Gasteiger partial charge in [0.1, 0.15) is 0 Å². The number of anilines is 2. The zero-order valence-corrected chi connectivity index (χ0v) is 14.1. The van der Waals surface area contributed by atoms with E-state index >= 15 is 0 Å². The van der Waals surface area contributed by atoms with Crippen LogP contribution in [-0.2, 0) is 4.74 Å². The molecule has 0 unspecified atom stereocenters. The fraction of sp³-hybridized carbons (Fsp3) is 0.667. The molecule has 2 aliphatic rings. The minimum absolute atomic E-state index is 0.465. The first kappa shape index (κ1) is 15.6. The Labute approximate surface area is 134 Å². The minimum atomic E-state index is 0.465. The van der Waals surface area contributed by atoms with Crippen molar-refractivity contribution >= 4 is 11.4 Å². The van der Waals surface area contributed by atoms with E-state index in [1.54, 1.807) is 0 Å². The van der Waals surface area contributed by atoms with Crippen LogP contribution in [0, 0.1) is 6.92 Å². The molecule has 1 aromatic rings. The summed E-state index contributed by atoms with van der Waals surface area (Å²) < 4.78 is 5.46. The van der Waals surface area contributed by atoms with Gasteiger partial charge in [0.05, 0.1) is 12.6 Å². The van der Waals surface area contributed by atoms with Crippen LogP contribution in [0.15, 0.2) is 18.2 Å². The minimum Gasteiger partial charge on any atom is -0.380 e. The summed E-state index contributed by atoms with van der Waals surface area (Å²) in [4.78, 5) is 5.07. The highest BCUT2D eigenvalue weighted by Gasteiger charge is 2.20. The number of hydrogen-bond donors (Lipinski definition) is 1. The van der Waals surface area contributed by atoms with E-state index in [-0.39, 0.29) is 0 Å². The Morgan fingerprint density at radius 3 is 2.55 bits per heavy atom. The molecular formula is C18H29N3O. The van der Waals surface area contributed by atoms with Gasteiger partial charge in [-0.25, -0.2) is 0 Å². The quantitative estimate of drug-likeness (QED) is 0.925. The molecule has 2 fully saturated rings. The zero-order chi connectivity index (χ0) is 15.5. The third-order valence-electron chi connectivity index (χ3n) is 4.77. The van der Waals surface area contributed by atoms with Crippen molar-refractivity contribution in [2.75, 3.05) is 49.6 Å². The summed E-state index contributed by atoms with van der Waals surface area (Å²) in [5, 5.41) is 3.63. The summed E-state index contributed by atoms with van der Waals surface area (Å²) in [7, 11) is 0. The first-order chi connectivity index (χ1) is 10.6. The van der Waals surface area contributed by atoms with Gasteiger partial charge >= 0.3 is 0 Å². The summed E-state index contributed by atoms with van der Waals surface area (Å²) in [5.74, 6) is 0. The van der Waals surface area contributed by atoms with Gasteiger partial charge in [-0.05, 0) is 51.0 Å². The van der Waals surface area contributed by atoms with E-state index in [4.69, 9.17) is 4.74 Å². The van der Waals surface area contributed by atoms with Crippen molar-refractivity contribution in [3.63, 3.8) is 0 Å². The van der Waals surface area contributed by atoms with Crippen LogP contribution in [0.3, 0.4) is 0 Å². The second-order valence-electron chi connectivity index (χ2n) is 6.88. The number of benzene rings is 1. The van der Waals surface area contributed by atoms with E-state index in [0.29, 0.717) is 12.1 Å². The third-order valence-corrected chi connectivity index (χ3v) is 4.77. The van der Waals surface area contributed by atoms with Crippen molar-refractivity contribution in [3.8, 4) is 0 Å². The second kappa shape index (κ2) is 6.88. The first-order valence-corrected chi connectivity index (χ1v) is 8.57. The normalized spacial score (nSPS) is 23.3. The molecule has 4 heteroatoms. The fourth-order valence-electron chi connectivity index (χ4n) is 3.41. The highest BCUT2D eigenvalue weighted by molar-refractivity contribution is 5.61. The lowest BCUT2D eigenvalue weighted by Crippen LogP contribution is -2.48. The highest BCUT2D eigenvalue weighted by atomic mass is 16.5. The van der Waals surface area contributed by atoms with Crippen LogP contribution in [0.2, 0.25) is 0 Å². The monoisotopic (exact) mass is 303 g/mol. The van der Waals surface area contributed by atoms with Gasteiger partial charge < -0.3 is 15.0 Å². The molecule has 4 nitrogen and oxygen atoms in total. The van der Waals surface area contributed by atoms with E-state index in [2.05, 4.69) is 54.1 Å². The van der Waals surface area contributed by atoms with Gasteiger partial charge in [0.25, 0.3) is 0 Å². The molecule has 0 bridgehead atoms. The lowest BCUT2D eigenvalue weighted by Gasteiger charge is -2.38. The molecule has 122 valence electrons. The molecule has 0 saturated carbocycles. The van der Waals surface area contributed by atoms with E-state index in [1.807, 2.05) is 0 Å².